The van der Waals surface area contributed by atoms with Crippen LogP contribution in [0, 0.1) is 0 Å². The number of aromatic hydroxyl groups is 2. The molecular weight excluding hydrogens is 212 g/mol. The van der Waals surface area contributed by atoms with Gasteiger partial charge >= 0.3 is 0 Å². The number of carbonyl (C=O) groups is 1. The van der Waals surface area contributed by atoms with E-state index in [1.54, 1.807) is 0 Å². The maximum atomic E-state index is 10.3. The van der Waals surface area contributed by atoms with Crippen LogP contribution in [0.3, 0.4) is 0 Å². The van der Waals surface area contributed by atoms with E-state index in [4.69, 9.17) is 10.2 Å². The summed E-state index contributed by atoms with van der Waals surface area (Å²) in [7, 11) is 0. The van der Waals surface area contributed by atoms with Crippen LogP contribution in [0.4, 0.5) is 0 Å². The van der Waals surface area contributed by atoms with Crippen LogP contribution >= 0.6 is 15.9 Å². The molecule has 1 aromatic rings. The highest BCUT2D eigenvalue weighted by Gasteiger charge is 2.08. The van der Waals surface area contributed by atoms with Gasteiger partial charge in [0, 0.05) is 0 Å². The van der Waals surface area contributed by atoms with Gasteiger partial charge in [0.25, 0.3) is 0 Å². The summed E-state index contributed by atoms with van der Waals surface area (Å²) in [5.74, 6) is -0.213. The van der Waals surface area contributed by atoms with E-state index in [0.717, 1.165) is 0 Å². The summed E-state index contributed by atoms with van der Waals surface area (Å²) in [6.07, 6.45) is 0.471. The molecule has 0 radical (unpaired) electrons. The van der Waals surface area contributed by atoms with E-state index >= 15 is 0 Å². The Morgan fingerprint density at radius 1 is 1.27 bits per heavy atom. The van der Waals surface area contributed by atoms with Gasteiger partial charge in [-0.2, -0.15) is 0 Å². The van der Waals surface area contributed by atoms with Crippen LogP contribution in [0.2, 0.25) is 0 Å². The Balaban J connectivity index is 3.40. The van der Waals surface area contributed by atoms with Gasteiger partial charge in [0.1, 0.15) is 11.5 Å². The third-order valence-corrected chi connectivity index (χ3v) is 2.09. The van der Waals surface area contributed by atoms with Crippen LogP contribution in [0.15, 0.2) is 16.6 Å². The number of hydrogen-bond donors (Lipinski definition) is 2. The molecule has 0 atom stereocenters. The fourth-order valence-corrected chi connectivity index (χ4v) is 1.11. The average molecular weight is 217 g/mol. The molecular formula is C7H5BrO3. The quantitative estimate of drug-likeness (QED) is 0.555. The van der Waals surface area contributed by atoms with Crippen LogP contribution in [0.1, 0.15) is 10.4 Å². The van der Waals surface area contributed by atoms with E-state index in [2.05, 4.69) is 15.9 Å². The summed E-state index contributed by atoms with van der Waals surface area (Å²) in [5, 5.41) is 18.1. The van der Waals surface area contributed by atoms with Gasteiger partial charge in [-0.05, 0) is 28.1 Å². The standard InChI is InChI=1S/C7H5BrO3/c8-7-4(3-9)5(10)1-2-6(7)11/h1-3,10-11H. The van der Waals surface area contributed by atoms with Gasteiger partial charge in [0.2, 0.25) is 0 Å². The molecule has 0 aliphatic rings. The highest BCUT2D eigenvalue weighted by Crippen LogP contribution is 2.31. The van der Waals surface area contributed by atoms with Gasteiger partial charge in [-0.15, -0.1) is 0 Å². The van der Waals surface area contributed by atoms with Crippen molar-refractivity contribution in [2.24, 2.45) is 0 Å². The van der Waals surface area contributed by atoms with Crippen LogP contribution in [-0.2, 0) is 0 Å². The second-order valence-corrected chi connectivity index (χ2v) is 2.74. The first-order valence-electron chi connectivity index (χ1n) is 2.82. The lowest BCUT2D eigenvalue weighted by atomic mass is 10.2. The zero-order valence-electron chi connectivity index (χ0n) is 5.41. The first-order valence-corrected chi connectivity index (χ1v) is 3.61. The minimum absolute atomic E-state index is 0.0602. The number of rotatable bonds is 1. The maximum Gasteiger partial charge on any atom is 0.155 e. The Labute approximate surface area is 71.4 Å². The second kappa shape index (κ2) is 2.92. The van der Waals surface area contributed by atoms with Crippen LogP contribution in [0.5, 0.6) is 11.5 Å². The summed E-state index contributed by atoms with van der Waals surface area (Å²) in [6, 6.07) is 2.55. The third-order valence-electron chi connectivity index (χ3n) is 1.25. The van der Waals surface area contributed by atoms with Crippen molar-refractivity contribution in [3.05, 3.63) is 22.2 Å². The number of hydrogen-bond acceptors (Lipinski definition) is 3. The molecule has 0 aliphatic carbocycles. The average Bonchev–Trinajstić information content (AvgIpc) is 1.99. The zero-order valence-corrected chi connectivity index (χ0v) is 7.00. The Morgan fingerprint density at radius 3 is 2.27 bits per heavy atom. The lowest BCUT2D eigenvalue weighted by Gasteiger charge is -2.00. The van der Waals surface area contributed by atoms with Crippen LogP contribution in [-0.4, -0.2) is 16.5 Å². The molecule has 0 heterocycles. The van der Waals surface area contributed by atoms with E-state index < -0.39 is 0 Å². The SMILES string of the molecule is O=Cc1c(O)ccc(O)c1Br. The molecule has 3 nitrogen and oxygen atoms in total. The van der Waals surface area contributed by atoms with Crippen molar-refractivity contribution in [1.82, 2.24) is 0 Å². The summed E-state index contributed by atoms with van der Waals surface area (Å²) in [5.41, 5.74) is 0.0602. The number of halogens is 1. The highest BCUT2D eigenvalue weighted by atomic mass is 79.9. The number of phenolic OH excluding ortho intramolecular Hbond substituents is 2. The van der Waals surface area contributed by atoms with Gasteiger partial charge in [-0.1, -0.05) is 0 Å². The summed E-state index contributed by atoms with van der Waals surface area (Å²) < 4.78 is 0.215. The van der Waals surface area contributed by atoms with E-state index in [1.165, 1.54) is 12.1 Å². The van der Waals surface area contributed by atoms with E-state index in [1.807, 2.05) is 0 Å². The second-order valence-electron chi connectivity index (χ2n) is 1.95. The Kier molecular flexibility index (Phi) is 2.14. The number of carbonyl (C=O) groups excluding carboxylic acids is 1. The molecule has 0 saturated heterocycles. The molecule has 4 heteroatoms. The largest absolute Gasteiger partial charge is 0.507 e. The van der Waals surface area contributed by atoms with Gasteiger partial charge in [0.15, 0.2) is 6.29 Å². The molecule has 1 rings (SSSR count). The molecule has 0 amide bonds. The molecule has 58 valence electrons. The van der Waals surface area contributed by atoms with Crippen molar-refractivity contribution >= 4 is 22.2 Å². The topological polar surface area (TPSA) is 57.5 Å². The molecule has 0 aliphatic heterocycles. The first kappa shape index (κ1) is 8.07. The lowest BCUT2D eigenvalue weighted by molar-refractivity contribution is 0.112. The molecule has 0 spiro atoms. The smallest absolute Gasteiger partial charge is 0.155 e. The Hall–Kier alpha value is -1.03. The molecule has 0 aromatic heterocycles. The van der Waals surface area contributed by atoms with Crippen LogP contribution < -0.4 is 0 Å². The molecule has 1 aromatic carbocycles. The Morgan fingerprint density at radius 2 is 1.82 bits per heavy atom. The molecule has 2 N–H and O–H groups in total. The number of phenols is 2. The lowest BCUT2D eigenvalue weighted by Crippen LogP contribution is -1.83. The van der Waals surface area contributed by atoms with Crippen LogP contribution in [0.25, 0.3) is 0 Å². The fraction of sp³-hybridized carbons (Fsp3) is 0. The van der Waals surface area contributed by atoms with Gasteiger partial charge in [-0.25, -0.2) is 0 Å². The first-order chi connectivity index (χ1) is 5.16. The van der Waals surface area contributed by atoms with Gasteiger partial charge in [0.05, 0.1) is 10.0 Å². The normalized spacial score (nSPS) is 9.55. The minimum atomic E-state index is -0.148. The van der Waals surface area contributed by atoms with Crippen molar-refractivity contribution in [1.29, 1.82) is 0 Å². The molecule has 0 fully saturated rings. The number of aldehydes is 1. The van der Waals surface area contributed by atoms with Crippen molar-refractivity contribution in [3.8, 4) is 11.5 Å². The van der Waals surface area contributed by atoms with Crippen molar-refractivity contribution in [2.75, 3.05) is 0 Å². The molecule has 0 bridgehead atoms. The molecule has 0 saturated carbocycles. The highest BCUT2D eigenvalue weighted by molar-refractivity contribution is 9.10. The predicted molar refractivity (Wildman–Crippen MR) is 42.9 cm³/mol. The predicted octanol–water partition coefficient (Wildman–Crippen LogP) is 1.67. The van der Waals surface area contributed by atoms with Crippen molar-refractivity contribution in [3.63, 3.8) is 0 Å². The van der Waals surface area contributed by atoms with E-state index in [0.29, 0.717) is 6.29 Å². The van der Waals surface area contributed by atoms with Gasteiger partial charge in [-0.3, -0.25) is 4.79 Å². The summed E-state index contributed by atoms with van der Waals surface area (Å²) >= 11 is 2.95. The number of benzene rings is 1. The maximum absolute atomic E-state index is 10.3. The van der Waals surface area contributed by atoms with Gasteiger partial charge < -0.3 is 10.2 Å². The Bertz CT molecular complexity index is 296. The van der Waals surface area contributed by atoms with Crippen molar-refractivity contribution in [2.45, 2.75) is 0 Å². The monoisotopic (exact) mass is 216 g/mol. The third kappa shape index (κ3) is 1.35. The zero-order chi connectivity index (χ0) is 8.43. The van der Waals surface area contributed by atoms with E-state index in [9.17, 15) is 4.79 Å². The molecule has 11 heavy (non-hydrogen) atoms. The summed E-state index contributed by atoms with van der Waals surface area (Å²) in [6.45, 7) is 0. The fourth-order valence-electron chi connectivity index (χ4n) is 0.683. The minimum Gasteiger partial charge on any atom is -0.507 e. The van der Waals surface area contributed by atoms with E-state index in [-0.39, 0.29) is 21.5 Å². The summed E-state index contributed by atoms with van der Waals surface area (Å²) in [4.78, 5) is 10.3. The van der Waals surface area contributed by atoms with Crippen molar-refractivity contribution < 1.29 is 15.0 Å². The molecule has 0 unspecified atom stereocenters.